The summed E-state index contributed by atoms with van der Waals surface area (Å²) in [5.74, 6) is 0.842. The summed E-state index contributed by atoms with van der Waals surface area (Å²) >= 11 is 1.77. The molecule has 0 unspecified atom stereocenters. The van der Waals surface area contributed by atoms with Crippen LogP contribution in [0.3, 0.4) is 0 Å². The number of aromatic nitrogens is 2. The zero-order valence-electron chi connectivity index (χ0n) is 15.4. The van der Waals surface area contributed by atoms with E-state index in [9.17, 15) is 0 Å². The highest BCUT2D eigenvalue weighted by Crippen LogP contribution is 2.22. The van der Waals surface area contributed by atoms with E-state index < -0.39 is 0 Å². The lowest BCUT2D eigenvalue weighted by atomic mass is 10.1. The lowest BCUT2D eigenvalue weighted by molar-refractivity contribution is 0.597. The quantitative estimate of drug-likeness (QED) is 0.279. The Hall–Kier alpha value is -1.22. The van der Waals surface area contributed by atoms with Gasteiger partial charge in [-0.3, -0.25) is 4.68 Å². The van der Waals surface area contributed by atoms with Crippen molar-refractivity contribution in [1.82, 2.24) is 20.4 Å². The van der Waals surface area contributed by atoms with Gasteiger partial charge in [0, 0.05) is 24.2 Å². The van der Waals surface area contributed by atoms with E-state index in [0.717, 1.165) is 25.6 Å². The van der Waals surface area contributed by atoms with Crippen LogP contribution in [0.1, 0.15) is 23.6 Å². The second kappa shape index (κ2) is 11.4. The van der Waals surface area contributed by atoms with Crippen molar-refractivity contribution >= 4 is 41.7 Å². The third kappa shape index (κ3) is 7.27. The Labute approximate surface area is 172 Å². The van der Waals surface area contributed by atoms with Crippen LogP contribution in [-0.2, 0) is 13.1 Å². The molecule has 0 aliphatic carbocycles. The summed E-state index contributed by atoms with van der Waals surface area (Å²) in [7, 11) is 0. The van der Waals surface area contributed by atoms with Gasteiger partial charge in [-0.1, -0.05) is 12.1 Å². The van der Waals surface area contributed by atoms with Crippen LogP contribution in [0.15, 0.2) is 40.5 Å². The fourth-order valence-corrected chi connectivity index (χ4v) is 3.06. The van der Waals surface area contributed by atoms with Gasteiger partial charge in [0.1, 0.15) is 0 Å². The van der Waals surface area contributed by atoms with Gasteiger partial charge in [0.25, 0.3) is 0 Å². The van der Waals surface area contributed by atoms with Crippen molar-refractivity contribution in [2.24, 2.45) is 4.99 Å². The van der Waals surface area contributed by atoms with Crippen molar-refractivity contribution in [3.05, 3.63) is 47.3 Å². The first-order valence-corrected chi connectivity index (χ1v) is 9.49. The Morgan fingerprint density at radius 2 is 2.04 bits per heavy atom. The molecule has 0 atom stereocenters. The maximum Gasteiger partial charge on any atom is 0.191 e. The Morgan fingerprint density at radius 1 is 1.24 bits per heavy atom. The van der Waals surface area contributed by atoms with Gasteiger partial charge >= 0.3 is 0 Å². The largest absolute Gasteiger partial charge is 0.357 e. The zero-order valence-corrected chi connectivity index (χ0v) is 18.5. The van der Waals surface area contributed by atoms with E-state index in [2.05, 4.69) is 54.0 Å². The molecule has 1 aromatic heterocycles. The van der Waals surface area contributed by atoms with Gasteiger partial charge in [-0.05, 0) is 49.8 Å². The lowest BCUT2D eigenvalue weighted by Crippen LogP contribution is -2.38. The van der Waals surface area contributed by atoms with Crippen molar-refractivity contribution in [1.29, 1.82) is 0 Å². The number of hydrogen-bond acceptors (Lipinski definition) is 3. The molecule has 5 nitrogen and oxygen atoms in total. The fraction of sp³-hybridized carbons (Fsp3) is 0.444. The van der Waals surface area contributed by atoms with Gasteiger partial charge in [-0.25, -0.2) is 4.99 Å². The summed E-state index contributed by atoms with van der Waals surface area (Å²) in [6.07, 6.45) is 6.03. The number of nitrogens with zero attached hydrogens (tertiary/aromatic N) is 3. The topological polar surface area (TPSA) is 54.2 Å². The van der Waals surface area contributed by atoms with Crippen molar-refractivity contribution < 1.29 is 0 Å². The van der Waals surface area contributed by atoms with E-state index in [0.29, 0.717) is 6.54 Å². The van der Waals surface area contributed by atoms with Crippen molar-refractivity contribution in [2.45, 2.75) is 38.8 Å². The van der Waals surface area contributed by atoms with Crippen LogP contribution in [0.4, 0.5) is 0 Å². The number of aliphatic imine (C=N–C) groups is 1. The van der Waals surface area contributed by atoms with Crippen molar-refractivity contribution in [2.75, 3.05) is 19.3 Å². The molecule has 25 heavy (non-hydrogen) atoms. The van der Waals surface area contributed by atoms with Gasteiger partial charge in [-0.2, -0.15) is 5.10 Å². The average Bonchev–Trinajstić information content (AvgIpc) is 2.98. The summed E-state index contributed by atoms with van der Waals surface area (Å²) in [6.45, 7) is 9.37. The maximum atomic E-state index is 4.71. The Kier molecular flexibility index (Phi) is 9.96. The van der Waals surface area contributed by atoms with Crippen molar-refractivity contribution in [3.63, 3.8) is 0 Å². The standard InChI is InChI=1S/C18H27N5S.HI/c1-5-19-18(20-8-9-23-13-15(3)11-22-23)21-12-16-7-6-14(2)10-17(16)24-4;/h6-7,10-11,13H,5,8-9,12H2,1-4H3,(H2,19,20,21);1H. The molecule has 2 N–H and O–H groups in total. The third-order valence-electron chi connectivity index (χ3n) is 3.59. The molecular formula is C18H28IN5S. The highest BCUT2D eigenvalue weighted by Gasteiger charge is 2.03. The van der Waals surface area contributed by atoms with Gasteiger partial charge in [-0.15, -0.1) is 35.7 Å². The molecule has 7 heteroatoms. The first-order valence-electron chi connectivity index (χ1n) is 8.27. The van der Waals surface area contributed by atoms with E-state index >= 15 is 0 Å². The number of nitrogens with one attached hydrogen (secondary N) is 2. The third-order valence-corrected chi connectivity index (χ3v) is 4.41. The Morgan fingerprint density at radius 3 is 2.68 bits per heavy atom. The van der Waals surface area contributed by atoms with E-state index in [1.165, 1.54) is 21.6 Å². The van der Waals surface area contributed by atoms with Gasteiger partial charge in [0.2, 0.25) is 0 Å². The number of benzene rings is 1. The van der Waals surface area contributed by atoms with Crippen LogP contribution in [-0.4, -0.2) is 35.1 Å². The summed E-state index contributed by atoms with van der Waals surface area (Å²) in [5.41, 5.74) is 3.72. The fourth-order valence-electron chi connectivity index (χ4n) is 2.37. The summed E-state index contributed by atoms with van der Waals surface area (Å²) in [5, 5.41) is 11.0. The smallest absolute Gasteiger partial charge is 0.191 e. The number of thioether (sulfide) groups is 1. The molecule has 0 radical (unpaired) electrons. The minimum absolute atomic E-state index is 0. The van der Waals surface area contributed by atoms with Gasteiger partial charge < -0.3 is 10.6 Å². The lowest BCUT2D eigenvalue weighted by Gasteiger charge is -2.12. The molecular weight excluding hydrogens is 445 g/mol. The predicted molar refractivity (Wildman–Crippen MR) is 118 cm³/mol. The highest BCUT2D eigenvalue weighted by molar-refractivity contribution is 14.0. The van der Waals surface area contributed by atoms with E-state index in [-0.39, 0.29) is 24.0 Å². The number of aryl methyl sites for hydroxylation is 2. The highest BCUT2D eigenvalue weighted by atomic mass is 127. The number of halogens is 1. The summed E-state index contributed by atoms with van der Waals surface area (Å²) in [6, 6.07) is 6.53. The SMILES string of the molecule is CCNC(=NCc1ccc(C)cc1SC)NCCn1cc(C)cn1.I. The molecule has 0 aliphatic rings. The monoisotopic (exact) mass is 473 g/mol. The molecule has 1 heterocycles. The van der Waals surface area contributed by atoms with Gasteiger partial charge in [0.15, 0.2) is 5.96 Å². The molecule has 0 aliphatic heterocycles. The Bertz CT molecular complexity index is 684. The summed E-state index contributed by atoms with van der Waals surface area (Å²) in [4.78, 5) is 6.00. The van der Waals surface area contributed by atoms with Crippen LogP contribution in [0, 0.1) is 13.8 Å². The van der Waals surface area contributed by atoms with E-state index in [1.807, 2.05) is 24.0 Å². The first kappa shape index (κ1) is 21.8. The normalized spacial score (nSPS) is 11.1. The molecule has 0 amide bonds. The molecule has 0 saturated heterocycles. The molecule has 2 rings (SSSR count). The summed E-state index contributed by atoms with van der Waals surface area (Å²) < 4.78 is 1.94. The van der Waals surface area contributed by atoms with Crippen LogP contribution < -0.4 is 10.6 Å². The Balaban J connectivity index is 0.00000312. The van der Waals surface area contributed by atoms with Gasteiger partial charge in [0.05, 0.1) is 19.3 Å². The number of guanidine groups is 1. The predicted octanol–water partition coefficient (Wildman–Crippen LogP) is 3.60. The molecule has 0 spiro atoms. The molecule has 1 aromatic carbocycles. The van der Waals surface area contributed by atoms with Crippen molar-refractivity contribution in [3.8, 4) is 0 Å². The number of hydrogen-bond donors (Lipinski definition) is 2. The van der Waals surface area contributed by atoms with E-state index in [1.54, 1.807) is 11.8 Å². The second-order valence-corrected chi connectivity index (χ2v) is 6.57. The van der Waals surface area contributed by atoms with E-state index in [4.69, 9.17) is 4.99 Å². The van der Waals surface area contributed by atoms with Crippen LogP contribution in [0.5, 0.6) is 0 Å². The molecule has 0 bridgehead atoms. The molecule has 0 saturated carbocycles. The van der Waals surface area contributed by atoms with Crippen LogP contribution in [0.25, 0.3) is 0 Å². The molecule has 0 fully saturated rings. The second-order valence-electron chi connectivity index (χ2n) is 5.72. The average molecular weight is 473 g/mol. The minimum Gasteiger partial charge on any atom is -0.357 e. The number of rotatable bonds is 7. The minimum atomic E-state index is 0. The molecule has 138 valence electrons. The first-order chi connectivity index (χ1) is 11.6. The zero-order chi connectivity index (χ0) is 17.4. The van der Waals surface area contributed by atoms with Crippen LogP contribution >= 0.6 is 35.7 Å². The maximum absolute atomic E-state index is 4.71. The van der Waals surface area contributed by atoms with Crippen LogP contribution in [0.2, 0.25) is 0 Å². The molecule has 2 aromatic rings.